The first-order valence-electron chi connectivity index (χ1n) is 13.8. The van der Waals surface area contributed by atoms with Gasteiger partial charge in [0.1, 0.15) is 5.82 Å². The molecule has 1 aliphatic rings. The van der Waals surface area contributed by atoms with Gasteiger partial charge in [0.25, 0.3) is 0 Å². The molecule has 0 bridgehead atoms. The standard InChI is InChI=1S/C29H32F9N3O3/c1-3-40(14-19-6-4-18(5-7-19)10-25(43)44)26-21(11-24(13-39-26)29(36,37)38)16-41(17(2)42)15-20-8-22(27(30,31)32)12-23(9-20)28(33,34)35/h8-9,11-13,18-19H,3-7,10,14-16H2,1-2H3,(H,43,44)/t18-,19-. The Labute approximate surface area is 247 Å². The first kappa shape index (κ1) is 35.0. The number of hydrogen-bond donors (Lipinski definition) is 1. The number of rotatable bonds is 10. The summed E-state index contributed by atoms with van der Waals surface area (Å²) in [7, 11) is 0. The maximum Gasteiger partial charge on any atom is 0.417 e. The summed E-state index contributed by atoms with van der Waals surface area (Å²) in [5.74, 6) is -1.49. The minimum atomic E-state index is -5.12. The van der Waals surface area contributed by atoms with Crippen molar-refractivity contribution >= 4 is 17.7 Å². The molecule has 6 nitrogen and oxygen atoms in total. The molecule has 1 N–H and O–H groups in total. The van der Waals surface area contributed by atoms with Gasteiger partial charge >= 0.3 is 24.5 Å². The van der Waals surface area contributed by atoms with Crippen molar-refractivity contribution in [1.82, 2.24) is 9.88 Å². The molecule has 0 unspecified atom stereocenters. The molecule has 3 rings (SSSR count). The molecule has 15 heteroatoms. The number of carboxylic acid groups (broad SMARTS) is 1. The molecule has 0 atom stereocenters. The van der Waals surface area contributed by atoms with Gasteiger partial charge in [-0.3, -0.25) is 9.59 Å². The number of pyridine rings is 1. The molecule has 244 valence electrons. The minimum Gasteiger partial charge on any atom is -0.481 e. The molecule has 1 heterocycles. The van der Waals surface area contributed by atoms with Gasteiger partial charge in [-0.25, -0.2) is 4.98 Å². The number of nitrogens with zero attached hydrogens (tertiary/aromatic N) is 3. The number of anilines is 1. The summed E-state index contributed by atoms with van der Waals surface area (Å²) in [5.41, 5.74) is -4.89. The van der Waals surface area contributed by atoms with Gasteiger partial charge < -0.3 is 14.9 Å². The number of carbonyl (C=O) groups excluding carboxylic acids is 1. The summed E-state index contributed by atoms with van der Waals surface area (Å²) in [5, 5.41) is 9.05. The molecule has 0 radical (unpaired) electrons. The Hall–Kier alpha value is -3.52. The second-order valence-corrected chi connectivity index (χ2v) is 11.0. The van der Waals surface area contributed by atoms with Crippen LogP contribution in [0.2, 0.25) is 0 Å². The number of carbonyl (C=O) groups is 2. The molecule has 1 aromatic heterocycles. The first-order chi connectivity index (χ1) is 20.3. The van der Waals surface area contributed by atoms with E-state index >= 15 is 0 Å². The fourth-order valence-electron chi connectivity index (χ4n) is 5.42. The fourth-order valence-corrected chi connectivity index (χ4v) is 5.42. The molecule has 1 fully saturated rings. The SMILES string of the molecule is CCN(C[C@H]1CC[C@H](CC(=O)O)CC1)c1ncc(C(F)(F)F)cc1CN(Cc1cc(C(F)(F)F)cc(C(F)(F)F)c1)C(C)=O. The maximum absolute atomic E-state index is 13.6. The lowest BCUT2D eigenvalue weighted by molar-refractivity contribution is -0.143. The van der Waals surface area contributed by atoms with E-state index in [1.165, 1.54) is 0 Å². The summed E-state index contributed by atoms with van der Waals surface area (Å²) in [6.45, 7) is 2.10. The Balaban J connectivity index is 1.95. The monoisotopic (exact) mass is 641 g/mol. The van der Waals surface area contributed by atoms with Gasteiger partial charge in [0.2, 0.25) is 5.91 Å². The third kappa shape index (κ3) is 9.49. The van der Waals surface area contributed by atoms with Crippen molar-refractivity contribution in [3.05, 3.63) is 58.3 Å². The lowest BCUT2D eigenvalue weighted by Crippen LogP contribution is -2.34. The highest BCUT2D eigenvalue weighted by Gasteiger charge is 2.37. The van der Waals surface area contributed by atoms with E-state index in [0.717, 1.165) is 17.9 Å². The topological polar surface area (TPSA) is 73.7 Å². The van der Waals surface area contributed by atoms with Crippen LogP contribution in [-0.2, 0) is 41.2 Å². The van der Waals surface area contributed by atoms with Crippen LogP contribution in [0.1, 0.15) is 73.8 Å². The van der Waals surface area contributed by atoms with Gasteiger partial charge in [0.15, 0.2) is 0 Å². The Morgan fingerprint density at radius 1 is 0.818 bits per heavy atom. The highest BCUT2D eigenvalue weighted by molar-refractivity contribution is 5.73. The van der Waals surface area contributed by atoms with Crippen LogP contribution in [0, 0.1) is 11.8 Å². The third-order valence-corrected chi connectivity index (χ3v) is 7.69. The summed E-state index contributed by atoms with van der Waals surface area (Å²) in [6, 6.07) is 1.66. The highest BCUT2D eigenvalue weighted by atomic mass is 19.4. The smallest absolute Gasteiger partial charge is 0.417 e. The minimum absolute atomic E-state index is 0.0245. The predicted octanol–water partition coefficient (Wildman–Crippen LogP) is 7.79. The van der Waals surface area contributed by atoms with Crippen LogP contribution in [0.5, 0.6) is 0 Å². The van der Waals surface area contributed by atoms with E-state index in [2.05, 4.69) is 4.98 Å². The molecule has 44 heavy (non-hydrogen) atoms. The summed E-state index contributed by atoms with van der Waals surface area (Å²) < 4.78 is 121. The average Bonchev–Trinajstić information content (AvgIpc) is 2.90. The number of amides is 1. The molecular formula is C29H32F9N3O3. The van der Waals surface area contributed by atoms with Crippen LogP contribution in [0.4, 0.5) is 45.3 Å². The van der Waals surface area contributed by atoms with Crippen LogP contribution < -0.4 is 4.90 Å². The van der Waals surface area contributed by atoms with Gasteiger partial charge in [-0.1, -0.05) is 0 Å². The van der Waals surface area contributed by atoms with Gasteiger partial charge in [-0.2, -0.15) is 39.5 Å². The van der Waals surface area contributed by atoms with E-state index in [9.17, 15) is 49.1 Å². The Kier molecular flexibility index (Phi) is 10.8. The van der Waals surface area contributed by atoms with Crippen molar-refractivity contribution in [2.75, 3.05) is 18.0 Å². The molecule has 2 aromatic rings. The number of halogens is 9. The van der Waals surface area contributed by atoms with E-state index < -0.39 is 65.7 Å². The van der Waals surface area contributed by atoms with Crippen molar-refractivity contribution in [3.8, 4) is 0 Å². The Bertz CT molecular complexity index is 1290. The van der Waals surface area contributed by atoms with E-state index in [1.54, 1.807) is 11.8 Å². The quantitative estimate of drug-likeness (QED) is 0.268. The van der Waals surface area contributed by atoms with Gasteiger partial charge in [0, 0.05) is 51.3 Å². The molecule has 1 aliphatic carbocycles. The van der Waals surface area contributed by atoms with Crippen LogP contribution in [-0.4, -0.2) is 40.0 Å². The molecule has 1 saturated carbocycles. The molecule has 1 aromatic carbocycles. The van der Waals surface area contributed by atoms with Crippen LogP contribution >= 0.6 is 0 Å². The van der Waals surface area contributed by atoms with E-state index in [-0.39, 0.29) is 35.7 Å². The summed E-state index contributed by atoms with van der Waals surface area (Å²) >= 11 is 0. The third-order valence-electron chi connectivity index (χ3n) is 7.69. The van der Waals surface area contributed by atoms with Crippen molar-refractivity contribution in [3.63, 3.8) is 0 Å². The number of aliphatic carboxylic acids is 1. The average molecular weight is 642 g/mol. The number of carboxylic acids is 1. The normalized spacial score (nSPS) is 17.8. The molecular weight excluding hydrogens is 609 g/mol. The van der Waals surface area contributed by atoms with Crippen molar-refractivity contribution in [1.29, 1.82) is 0 Å². The zero-order valence-corrected chi connectivity index (χ0v) is 23.9. The van der Waals surface area contributed by atoms with E-state index in [4.69, 9.17) is 5.11 Å². The fraction of sp³-hybridized carbons (Fsp3) is 0.552. The number of benzene rings is 1. The lowest BCUT2D eigenvalue weighted by Gasteiger charge is -2.34. The van der Waals surface area contributed by atoms with E-state index in [1.807, 2.05) is 0 Å². The lowest BCUT2D eigenvalue weighted by atomic mass is 9.80. The maximum atomic E-state index is 13.6. The zero-order chi connectivity index (χ0) is 33.0. The second kappa shape index (κ2) is 13.6. The predicted molar refractivity (Wildman–Crippen MR) is 141 cm³/mol. The zero-order valence-electron chi connectivity index (χ0n) is 23.9. The Morgan fingerprint density at radius 2 is 1.34 bits per heavy atom. The first-order valence-corrected chi connectivity index (χ1v) is 13.8. The van der Waals surface area contributed by atoms with Gasteiger partial charge in [-0.15, -0.1) is 0 Å². The second-order valence-electron chi connectivity index (χ2n) is 11.0. The number of alkyl halides is 9. The molecule has 1 amide bonds. The van der Waals surface area contributed by atoms with Gasteiger partial charge in [0.05, 0.1) is 16.7 Å². The molecule has 0 spiro atoms. The van der Waals surface area contributed by atoms with E-state index in [0.29, 0.717) is 57.1 Å². The van der Waals surface area contributed by atoms with Crippen LogP contribution in [0.25, 0.3) is 0 Å². The highest BCUT2D eigenvalue weighted by Crippen LogP contribution is 2.38. The van der Waals surface area contributed by atoms with Crippen LogP contribution in [0.15, 0.2) is 30.5 Å². The summed E-state index contributed by atoms with van der Waals surface area (Å²) in [4.78, 5) is 30.2. The number of aromatic nitrogens is 1. The van der Waals surface area contributed by atoms with Crippen molar-refractivity contribution in [2.24, 2.45) is 11.8 Å². The Morgan fingerprint density at radius 3 is 1.80 bits per heavy atom. The van der Waals surface area contributed by atoms with Crippen molar-refractivity contribution in [2.45, 2.75) is 77.6 Å². The van der Waals surface area contributed by atoms with Crippen LogP contribution in [0.3, 0.4) is 0 Å². The number of hydrogen-bond acceptors (Lipinski definition) is 4. The molecule has 0 saturated heterocycles. The van der Waals surface area contributed by atoms with Crippen molar-refractivity contribution < 1.29 is 54.2 Å². The summed E-state index contributed by atoms with van der Waals surface area (Å²) in [6.07, 6.45) is -11.7. The largest absolute Gasteiger partial charge is 0.481 e. The van der Waals surface area contributed by atoms with Gasteiger partial charge in [-0.05, 0) is 74.3 Å². The molecule has 0 aliphatic heterocycles.